The molecule has 0 saturated carbocycles. The highest BCUT2D eigenvalue weighted by Crippen LogP contribution is 2.10. The molecule has 0 heterocycles. The van der Waals surface area contributed by atoms with Crippen molar-refractivity contribution in [3.8, 4) is 0 Å². The molecule has 0 aliphatic heterocycles. The third kappa shape index (κ3) is 3.98. The molecule has 0 saturated heterocycles. The van der Waals surface area contributed by atoms with E-state index in [9.17, 15) is 9.00 Å². The predicted octanol–water partition coefficient (Wildman–Crippen LogP) is 1.93. The second-order valence-corrected chi connectivity index (χ2v) is 4.60. The molecule has 0 aliphatic rings. The molecule has 1 aromatic rings. The Balaban J connectivity index is 2.62. The minimum atomic E-state index is -1.18. The first kappa shape index (κ1) is 12.6. The van der Waals surface area contributed by atoms with Gasteiger partial charge in [0.1, 0.15) is 0 Å². The summed E-state index contributed by atoms with van der Waals surface area (Å²) in [4.78, 5) is 10.8. The summed E-state index contributed by atoms with van der Waals surface area (Å²) in [5, 5.41) is 1.36. The Morgan fingerprint density at radius 3 is 2.75 bits per heavy atom. The van der Waals surface area contributed by atoms with E-state index in [1.54, 1.807) is 0 Å². The van der Waals surface area contributed by atoms with Crippen LogP contribution >= 0.6 is 0 Å². The second-order valence-electron chi connectivity index (χ2n) is 3.28. The topological polar surface area (TPSA) is 43.4 Å². The van der Waals surface area contributed by atoms with E-state index in [1.165, 1.54) is 18.6 Å². The number of benzene rings is 1. The molecule has 0 aliphatic carbocycles. The zero-order valence-electron chi connectivity index (χ0n) is 9.30. The molecule has 1 unspecified atom stereocenters. The van der Waals surface area contributed by atoms with Crippen LogP contribution in [0.15, 0.2) is 35.7 Å². The lowest BCUT2D eigenvalue weighted by molar-refractivity contribution is -0.134. The number of ether oxygens (including phenoxy) is 1. The van der Waals surface area contributed by atoms with Crippen LogP contribution in [-0.2, 0) is 26.1 Å². The number of hydrogen-bond acceptors (Lipinski definition) is 3. The first-order valence-electron chi connectivity index (χ1n) is 4.81. The maximum Gasteiger partial charge on any atom is 0.331 e. The van der Waals surface area contributed by atoms with E-state index in [4.69, 9.17) is 0 Å². The van der Waals surface area contributed by atoms with Gasteiger partial charge in [0, 0.05) is 11.5 Å². The van der Waals surface area contributed by atoms with E-state index < -0.39 is 16.8 Å². The van der Waals surface area contributed by atoms with Crippen LogP contribution in [0.5, 0.6) is 0 Å². The molecule has 1 atom stereocenters. The SMILES string of the molecule is COC(=O)/C=C/S(=O)Cc1ccccc1C. The van der Waals surface area contributed by atoms with E-state index in [0.29, 0.717) is 5.75 Å². The second kappa shape index (κ2) is 6.23. The van der Waals surface area contributed by atoms with Gasteiger partial charge < -0.3 is 4.74 Å². The Labute approximate surface area is 97.6 Å². The molecule has 0 spiro atoms. The summed E-state index contributed by atoms with van der Waals surface area (Å²) in [7, 11) is 0.104. The summed E-state index contributed by atoms with van der Waals surface area (Å²) in [5.74, 6) is -0.0710. The first-order valence-corrected chi connectivity index (χ1v) is 6.19. The third-order valence-electron chi connectivity index (χ3n) is 2.12. The number of rotatable bonds is 4. The molecule has 16 heavy (non-hydrogen) atoms. The molecule has 0 aromatic heterocycles. The summed E-state index contributed by atoms with van der Waals surface area (Å²) in [6.07, 6.45) is 1.19. The highest BCUT2D eigenvalue weighted by molar-refractivity contribution is 7.87. The van der Waals surface area contributed by atoms with E-state index in [2.05, 4.69) is 4.74 Å². The van der Waals surface area contributed by atoms with Gasteiger partial charge in [0.25, 0.3) is 0 Å². The minimum absolute atomic E-state index is 0.417. The van der Waals surface area contributed by atoms with Gasteiger partial charge in [-0.2, -0.15) is 0 Å². The molecule has 3 nitrogen and oxygen atoms in total. The van der Waals surface area contributed by atoms with Crippen LogP contribution in [0.3, 0.4) is 0 Å². The number of esters is 1. The molecule has 0 amide bonds. The average Bonchev–Trinajstić information content (AvgIpc) is 2.29. The van der Waals surface area contributed by atoms with Gasteiger partial charge in [-0.05, 0) is 18.1 Å². The zero-order chi connectivity index (χ0) is 12.0. The van der Waals surface area contributed by atoms with Crippen molar-refractivity contribution in [2.75, 3.05) is 7.11 Å². The lowest BCUT2D eigenvalue weighted by Gasteiger charge is -2.02. The molecule has 86 valence electrons. The lowest BCUT2D eigenvalue weighted by Crippen LogP contribution is -1.98. The van der Waals surface area contributed by atoms with Crippen molar-refractivity contribution in [1.82, 2.24) is 0 Å². The van der Waals surface area contributed by atoms with Crippen molar-refractivity contribution < 1.29 is 13.7 Å². The Morgan fingerprint density at radius 1 is 1.44 bits per heavy atom. The van der Waals surface area contributed by atoms with Gasteiger partial charge >= 0.3 is 5.97 Å². The first-order chi connectivity index (χ1) is 7.63. The molecule has 4 heteroatoms. The molecule has 1 rings (SSSR count). The van der Waals surface area contributed by atoms with Gasteiger partial charge in [0.05, 0.1) is 23.7 Å². The summed E-state index contributed by atoms with van der Waals surface area (Å²) in [5.41, 5.74) is 2.12. The fourth-order valence-electron chi connectivity index (χ4n) is 1.17. The van der Waals surface area contributed by atoms with E-state index in [-0.39, 0.29) is 0 Å². The van der Waals surface area contributed by atoms with Crippen molar-refractivity contribution in [2.45, 2.75) is 12.7 Å². The number of aryl methyl sites for hydroxylation is 1. The molecular weight excluding hydrogens is 224 g/mol. The summed E-state index contributed by atoms with van der Waals surface area (Å²) >= 11 is 0. The van der Waals surface area contributed by atoms with Crippen molar-refractivity contribution in [3.05, 3.63) is 46.9 Å². The van der Waals surface area contributed by atoms with Crippen LogP contribution in [0.2, 0.25) is 0 Å². The monoisotopic (exact) mass is 238 g/mol. The number of carbonyl (C=O) groups is 1. The highest BCUT2D eigenvalue weighted by Gasteiger charge is 2.01. The molecular formula is C12H14O3S. The van der Waals surface area contributed by atoms with Crippen molar-refractivity contribution in [1.29, 1.82) is 0 Å². The van der Waals surface area contributed by atoms with Gasteiger partial charge in [-0.3, -0.25) is 4.21 Å². The zero-order valence-corrected chi connectivity index (χ0v) is 10.1. The normalized spacial score (nSPS) is 12.6. The lowest BCUT2D eigenvalue weighted by atomic mass is 10.1. The standard InChI is InChI=1S/C12H14O3S/c1-10-5-3-4-6-11(10)9-16(14)8-7-12(13)15-2/h3-8H,9H2,1-2H3/b8-7+. The quantitative estimate of drug-likeness (QED) is 0.594. The Hall–Kier alpha value is -1.42. The van der Waals surface area contributed by atoms with Gasteiger partial charge in [0.15, 0.2) is 0 Å². The van der Waals surface area contributed by atoms with Crippen LogP contribution in [-0.4, -0.2) is 17.3 Å². The molecule has 0 fully saturated rings. The summed E-state index contributed by atoms with van der Waals surface area (Å²) in [6.45, 7) is 1.97. The molecule has 0 N–H and O–H groups in total. The minimum Gasteiger partial charge on any atom is -0.466 e. The number of methoxy groups -OCH3 is 1. The smallest absolute Gasteiger partial charge is 0.331 e. The van der Waals surface area contributed by atoms with Crippen LogP contribution < -0.4 is 0 Å². The molecule has 0 radical (unpaired) electrons. The number of carbonyl (C=O) groups excluding carboxylic acids is 1. The van der Waals surface area contributed by atoms with Gasteiger partial charge in [0.2, 0.25) is 0 Å². The Kier molecular flexibility index (Phi) is 4.92. The van der Waals surface area contributed by atoms with Crippen LogP contribution in [0.4, 0.5) is 0 Å². The van der Waals surface area contributed by atoms with E-state index in [0.717, 1.165) is 11.1 Å². The Morgan fingerprint density at radius 2 is 2.12 bits per heavy atom. The fourth-order valence-corrected chi connectivity index (χ4v) is 2.16. The Bertz CT molecular complexity index is 424. The molecule has 0 bridgehead atoms. The van der Waals surface area contributed by atoms with Gasteiger partial charge in [-0.1, -0.05) is 24.3 Å². The van der Waals surface area contributed by atoms with Gasteiger partial charge in [-0.15, -0.1) is 0 Å². The summed E-state index contributed by atoms with van der Waals surface area (Å²) in [6, 6.07) is 7.74. The maximum atomic E-state index is 11.6. The van der Waals surface area contributed by atoms with E-state index in [1.807, 2.05) is 31.2 Å². The number of hydrogen-bond donors (Lipinski definition) is 0. The van der Waals surface area contributed by atoms with Crippen molar-refractivity contribution >= 4 is 16.8 Å². The fraction of sp³-hybridized carbons (Fsp3) is 0.250. The third-order valence-corrected chi connectivity index (χ3v) is 3.15. The maximum absolute atomic E-state index is 11.6. The van der Waals surface area contributed by atoms with Crippen LogP contribution in [0, 0.1) is 6.92 Å². The van der Waals surface area contributed by atoms with Crippen molar-refractivity contribution in [2.24, 2.45) is 0 Å². The van der Waals surface area contributed by atoms with Gasteiger partial charge in [-0.25, -0.2) is 4.79 Å². The average molecular weight is 238 g/mol. The molecule has 1 aromatic carbocycles. The van der Waals surface area contributed by atoms with Crippen molar-refractivity contribution in [3.63, 3.8) is 0 Å². The predicted molar refractivity (Wildman–Crippen MR) is 64.2 cm³/mol. The summed E-state index contributed by atoms with van der Waals surface area (Å²) < 4.78 is 16.0. The largest absolute Gasteiger partial charge is 0.466 e. The van der Waals surface area contributed by atoms with Crippen LogP contribution in [0.25, 0.3) is 0 Å². The van der Waals surface area contributed by atoms with Crippen LogP contribution in [0.1, 0.15) is 11.1 Å². The van der Waals surface area contributed by atoms with E-state index >= 15 is 0 Å². The highest BCUT2D eigenvalue weighted by atomic mass is 32.2.